The largest absolute Gasteiger partial charge is 0.288 e. The third kappa shape index (κ3) is 2.25. The van der Waals surface area contributed by atoms with Gasteiger partial charge >= 0.3 is 0 Å². The number of carbonyl (C=O) groups is 1. The van der Waals surface area contributed by atoms with Crippen LogP contribution in [0.1, 0.15) is 26.4 Å². The van der Waals surface area contributed by atoms with Crippen LogP contribution in [0.3, 0.4) is 0 Å². The van der Waals surface area contributed by atoms with Crippen molar-refractivity contribution in [1.82, 2.24) is 0 Å². The van der Waals surface area contributed by atoms with Crippen LogP contribution in [0.5, 0.6) is 0 Å². The molecule has 100 valence electrons. The van der Waals surface area contributed by atoms with E-state index in [1.807, 2.05) is 32.0 Å². The Balaban J connectivity index is 2.08. The lowest BCUT2D eigenvalue weighted by molar-refractivity contribution is 0.104. The average Bonchev–Trinajstić information content (AvgIpc) is 2.81. The number of fused-ring (bicyclic) bond motifs is 1. The SMILES string of the molecule is Cc1ccc(C(=O)c2cc3cc(F)ccc3s2)c(C)c1. The first-order valence-corrected chi connectivity index (χ1v) is 7.17. The van der Waals surface area contributed by atoms with Gasteiger partial charge in [-0.1, -0.05) is 23.8 Å². The number of hydrogen-bond acceptors (Lipinski definition) is 2. The summed E-state index contributed by atoms with van der Waals surface area (Å²) >= 11 is 1.41. The van der Waals surface area contributed by atoms with E-state index in [1.165, 1.54) is 23.5 Å². The molecule has 0 amide bonds. The smallest absolute Gasteiger partial charge is 0.203 e. The minimum Gasteiger partial charge on any atom is -0.288 e. The second-order valence-electron chi connectivity index (χ2n) is 4.94. The molecule has 3 aromatic rings. The second kappa shape index (κ2) is 4.84. The Morgan fingerprint density at radius 3 is 2.60 bits per heavy atom. The summed E-state index contributed by atoms with van der Waals surface area (Å²) in [6.45, 7) is 3.94. The molecule has 0 unspecified atom stereocenters. The first kappa shape index (κ1) is 13.0. The fourth-order valence-electron chi connectivity index (χ4n) is 2.33. The van der Waals surface area contributed by atoms with Crippen LogP contribution in [0, 0.1) is 19.7 Å². The van der Waals surface area contributed by atoms with Crippen molar-refractivity contribution in [2.24, 2.45) is 0 Å². The summed E-state index contributed by atoms with van der Waals surface area (Å²) in [7, 11) is 0. The van der Waals surface area contributed by atoms with Gasteiger partial charge in [0.1, 0.15) is 5.82 Å². The maximum absolute atomic E-state index is 13.2. The molecule has 0 spiro atoms. The summed E-state index contributed by atoms with van der Waals surface area (Å²) in [4.78, 5) is 13.2. The Morgan fingerprint density at radius 1 is 1.05 bits per heavy atom. The van der Waals surface area contributed by atoms with Gasteiger partial charge in [-0.15, -0.1) is 11.3 Å². The van der Waals surface area contributed by atoms with Gasteiger partial charge in [0.15, 0.2) is 0 Å². The lowest BCUT2D eigenvalue weighted by Gasteiger charge is -2.04. The molecule has 0 radical (unpaired) electrons. The first-order chi connectivity index (χ1) is 9.54. The van der Waals surface area contributed by atoms with E-state index in [2.05, 4.69) is 0 Å². The molecular weight excluding hydrogens is 271 g/mol. The van der Waals surface area contributed by atoms with Gasteiger partial charge in [0.25, 0.3) is 0 Å². The molecule has 0 atom stereocenters. The molecule has 20 heavy (non-hydrogen) atoms. The lowest BCUT2D eigenvalue weighted by atomic mass is 10.0. The number of hydrogen-bond donors (Lipinski definition) is 0. The number of halogens is 1. The summed E-state index contributed by atoms with van der Waals surface area (Å²) in [6.07, 6.45) is 0. The van der Waals surface area contributed by atoms with Crippen molar-refractivity contribution in [3.8, 4) is 0 Å². The van der Waals surface area contributed by atoms with Crippen molar-refractivity contribution >= 4 is 27.2 Å². The number of rotatable bonds is 2. The zero-order valence-corrected chi connectivity index (χ0v) is 12.1. The third-order valence-electron chi connectivity index (χ3n) is 3.33. The molecule has 3 heteroatoms. The maximum Gasteiger partial charge on any atom is 0.203 e. The number of benzene rings is 2. The highest BCUT2D eigenvalue weighted by molar-refractivity contribution is 7.21. The number of ketones is 1. The Morgan fingerprint density at radius 2 is 1.85 bits per heavy atom. The normalized spacial score (nSPS) is 10.9. The van der Waals surface area contributed by atoms with Crippen molar-refractivity contribution in [2.75, 3.05) is 0 Å². The highest BCUT2D eigenvalue weighted by Gasteiger charge is 2.15. The molecule has 1 nitrogen and oxygen atoms in total. The number of carbonyl (C=O) groups excluding carboxylic acids is 1. The highest BCUT2D eigenvalue weighted by atomic mass is 32.1. The van der Waals surface area contributed by atoms with E-state index in [0.717, 1.165) is 21.2 Å². The average molecular weight is 284 g/mol. The molecular formula is C17H13FOS. The summed E-state index contributed by atoms with van der Waals surface area (Å²) in [5.41, 5.74) is 2.82. The summed E-state index contributed by atoms with van der Waals surface area (Å²) < 4.78 is 14.1. The van der Waals surface area contributed by atoms with E-state index in [1.54, 1.807) is 12.1 Å². The van der Waals surface area contributed by atoms with Gasteiger partial charge in [-0.25, -0.2) is 4.39 Å². The van der Waals surface area contributed by atoms with Crippen molar-refractivity contribution in [2.45, 2.75) is 13.8 Å². The molecule has 0 aliphatic rings. The molecule has 0 N–H and O–H groups in total. The molecule has 1 aromatic heterocycles. The maximum atomic E-state index is 13.2. The highest BCUT2D eigenvalue weighted by Crippen LogP contribution is 2.28. The van der Waals surface area contributed by atoms with Gasteiger partial charge in [0.2, 0.25) is 5.78 Å². The molecule has 0 saturated carbocycles. The van der Waals surface area contributed by atoms with Crippen LogP contribution in [0.25, 0.3) is 10.1 Å². The minimum atomic E-state index is -0.277. The third-order valence-corrected chi connectivity index (χ3v) is 4.44. The summed E-state index contributed by atoms with van der Waals surface area (Å²) in [5.74, 6) is -0.273. The Labute approximate surface area is 120 Å². The van der Waals surface area contributed by atoms with Crippen LogP contribution < -0.4 is 0 Å². The Hall–Kier alpha value is -2.00. The minimum absolute atomic E-state index is 0.00380. The van der Waals surface area contributed by atoms with Crippen LogP contribution in [-0.4, -0.2) is 5.78 Å². The van der Waals surface area contributed by atoms with Crippen molar-refractivity contribution in [3.05, 3.63) is 69.8 Å². The van der Waals surface area contributed by atoms with Crippen molar-refractivity contribution in [1.29, 1.82) is 0 Å². The van der Waals surface area contributed by atoms with Gasteiger partial charge in [0, 0.05) is 10.3 Å². The van der Waals surface area contributed by atoms with Gasteiger partial charge in [-0.05, 0) is 49.1 Å². The fourth-order valence-corrected chi connectivity index (χ4v) is 3.32. The van der Waals surface area contributed by atoms with Gasteiger partial charge in [-0.3, -0.25) is 4.79 Å². The summed E-state index contributed by atoms with van der Waals surface area (Å²) in [5, 5.41) is 0.781. The van der Waals surface area contributed by atoms with Crippen LogP contribution >= 0.6 is 11.3 Å². The molecule has 3 rings (SSSR count). The van der Waals surface area contributed by atoms with Crippen LogP contribution in [-0.2, 0) is 0 Å². The van der Waals surface area contributed by atoms with E-state index < -0.39 is 0 Å². The fraction of sp³-hybridized carbons (Fsp3) is 0.118. The monoisotopic (exact) mass is 284 g/mol. The van der Waals surface area contributed by atoms with Crippen molar-refractivity contribution < 1.29 is 9.18 Å². The topological polar surface area (TPSA) is 17.1 Å². The summed E-state index contributed by atoms with van der Waals surface area (Å²) in [6, 6.07) is 12.2. The molecule has 2 aromatic carbocycles. The predicted octanol–water partition coefficient (Wildman–Crippen LogP) is 4.89. The molecule has 0 saturated heterocycles. The second-order valence-corrected chi connectivity index (χ2v) is 6.02. The van der Waals surface area contributed by atoms with E-state index in [4.69, 9.17) is 0 Å². The molecule has 0 bridgehead atoms. The van der Waals surface area contributed by atoms with Crippen LogP contribution in [0.2, 0.25) is 0 Å². The zero-order valence-electron chi connectivity index (χ0n) is 11.2. The standard InChI is InChI=1S/C17H13FOS/c1-10-3-5-14(11(2)7-10)17(19)16-9-12-8-13(18)4-6-15(12)20-16/h3-9H,1-2H3. The van der Waals surface area contributed by atoms with Crippen LogP contribution in [0.15, 0.2) is 42.5 Å². The molecule has 0 aliphatic heterocycles. The van der Waals surface area contributed by atoms with E-state index in [9.17, 15) is 9.18 Å². The number of thiophene rings is 1. The Kier molecular flexibility index (Phi) is 3.14. The lowest BCUT2D eigenvalue weighted by Crippen LogP contribution is -2.01. The Bertz CT molecular complexity index is 817. The quantitative estimate of drug-likeness (QED) is 0.612. The predicted molar refractivity (Wildman–Crippen MR) is 81.1 cm³/mol. The van der Waals surface area contributed by atoms with E-state index in [0.29, 0.717) is 10.4 Å². The van der Waals surface area contributed by atoms with Gasteiger partial charge in [0.05, 0.1) is 4.88 Å². The molecule has 0 fully saturated rings. The van der Waals surface area contributed by atoms with Crippen molar-refractivity contribution in [3.63, 3.8) is 0 Å². The zero-order chi connectivity index (χ0) is 14.3. The van der Waals surface area contributed by atoms with Gasteiger partial charge < -0.3 is 0 Å². The first-order valence-electron chi connectivity index (χ1n) is 6.35. The number of aryl methyl sites for hydroxylation is 2. The van der Waals surface area contributed by atoms with Crippen LogP contribution in [0.4, 0.5) is 4.39 Å². The van der Waals surface area contributed by atoms with E-state index >= 15 is 0 Å². The molecule has 1 heterocycles. The van der Waals surface area contributed by atoms with Gasteiger partial charge in [-0.2, -0.15) is 0 Å². The van der Waals surface area contributed by atoms with E-state index in [-0.39, 0.29) is 11.6 Å². The molecule has 0 aliphatic carbocycles.